The first-order chi connectivity index (χ1) is 12.8. The molecule has 0 radical (unpaired) electrons. The number of nitrogens with one attached hydrogen (secondary N) is 1. The number of rotatable bonds is 7. The van der Waals surface area contributed by atoms with Crippen molar-refractivity contribution in [1.82, 2.24) is 0 Å². The van der Waals surface area contributed by atoms with Crippen LogP contribution in [0.4, 0.5) is 5.69 Å². The molecule has 0 aliphatic carbocycles. The van der Waals surface area contributed by atoms with Crippen LogP contribution in [-0.2, 0) is 20.7 Å². The lowest BCUT2D eigenvalue weighted by Crippen LogP contribution is -2.30. The molecule has 7 heteroatoms. The summed E-state index contributed by atoms with van der Waals surface area (Å²) in [5.74, 6) is 0.158. The average molecular weight is 392 g/mol. The van der Waals surface area contributed by atoms with Crippen molar-refractivity contribution in [3.63, 3.8) is 0 Å². The Morgan fingerprint density at radius 3 is 2.56 bits per heavy atom. The Labute approximate surface area is 163 Å². The zero-order valence-corrected chi connectivity index (χ0v) is 16.4. The molecule has 27 heavy (non-hydrogen) atoms. The van der Waals surface area contributed by atoms with Crippen LogP contribution in [0.15, 0.2) is 36.4 Å². The summed E-state index contributed by atoms with van der Waals surface area (Å²) in [6.07, 6.45) is -0.985. The van der Waals surface area contributed by atoms with Crippen LogP contribution < -0.4 is 14.8 Å². The Morgan fingerprint density at radius 2 is 1.89 bits per heavy atom. The number of amides is 1. The molecule has 2 aromatic rings. The van der Waals surface area contributed by atoms with E-state index in [1.165, 1.54) is 14.0 Å². The summed E-state index contributed by atoms with van der Waals surface area (Å²) in [4.78, 5) is 24.5. The fourth-order valence-corrected chi connectivity index (χ4v) is 2.60. The van der Waals surface area contributed by atoms with E-state index < -0.39 is 18.0 Å². The number of esters is 1. The molecule has 1 atom stereocenters. The van der Waals surface area contributed by atoms with Gasteiger partial charge in [0.15, 0.2) is 6.10 Å². The maximum atomic E-state index is 12.3. The standard InChI is InChI=1S/C20H22ClNO5/c1-12-16(21)6-5-7-17(12)22-20(24)13(2)27-19(23)10-14-8-9-15(25-3)11-18(14)26-4/h5-9,11,13H,10H2,1-4H3,(H,22,24)/t13-/m0/s1. The maximum Gasteiger partial charge on any atom is 0.311 e. The van der Waals surface area contributed by atoms with Crippen molar-refractivity contribution in [2.75, 3.05) is 19.5 Å². The summed E-state index contributed by atoms with van der Waals surface area (Å²) in [5, 5.41) is 3.26. The zero-order valence-electron chi connectivity index (χ0n) is 15.7. The van der Waals surface area contributed by atoms with Crippen LogP contribution in [0, 0.1) is 6.92 Å². The van der Waals surface area contributed by atoms with E-state index in [2.05, 4.69) is 5.32 Å². The third-order valence-corrected chi connectivity index (χ3v) is 4.44. The molecule has 0 saturated heterocycles. The highest BCUT2D eigenvalue weighted by Crippen LogP contribution is 2.26. The summed E-state index contributed by atoms with van der Waals surface area (Å²) in [6, 6.07) is 10.3. The van der Waals surface area contributed by atoms with E-state index in [1.807, 2.05) is 0 Å². The molecule has 0 fully saturated rings. The van der Waals surface area contributed by atoms with Crippen molar-refractivity contribution < 1.29 is 23.8 Å². The highest BCUT2D eigenvalue weighted by molar-refractivity contribution is 6.31. The first-order valence-electron chi connectivity index (χ1n) is 8.32. The molecule has 2 aromatic carbocycles. The lowest BCUT2D eigenvalue weighted by atomic mass is 10.1. The fraction of sp³-hybridized carbons (Fsp3) is 0.300. The van der Waals surface area contributed by atoms with E-state index in [4.69, 9.17) is 25.8 Å². The van der Waals surface area contributed by atoms with Gasteiger partial charge in [-0.05, 0) is 37.6 Å². The molecule has 1 N–H and O–H groups in total. The van der Waals surface area contributed by atoms with Gasteiger partial charge in [0, 0.05) is 22.3 Å². The molecule has 0 bridgehead atoms. The van der Waals surface area contributed by atoms with Crippen molar-refractivity contribution in [2.24, 2.45) is 0 Å². The van der Waals surface area contributed by atoms with Gasteiger partial charge in [-0.1, -0.05) is 23.7 Å². The van der Waals surface area contributed by atoms with E-state index >= 15 is 0 Å². The Morgan fingerprint density at radius 1 is 1.15 bits per heavy atom. The SMILES string of the molecule is COc1ccc(CC(=O)O[C@@H](C)C(=O)Nc2cccc(Cl)c2C)c(OC)c1. The Kier molecular flexibility index (Phi) is 7.07. The van der Waals surface area contributed by atoms with Crippen molar-refractivity contribution in [1.29, 1.82) is 0 Å². The number of hydrogen-bond donors (Lipinski definition) is 1. The predicted molar refractivity (Wildman–Crippen MR) is 104 cm³/mol. The summed E-state index contributed by atoms with van der Waals surface area (Å²) >= 11 is 6.04. The van der Waals surface area contributed by atoms with Crippen LogP contribution in [0.1, 0.15) is 18.1 Å². The monoisotopic (exact) mass is 391 g/mol. The minimum Gasteiger partial charge on any atom is -0.497 e. The number of hydrogen-bond acceptors (Lipinski definition) is 5. The molecule has 0 saturated carbocycles. The molecule has 144 valence electrons. The minimum absolute atomic E-state index is 0.0268. The smallest absolute Gasteiger partial charge is 0.311 e. The zero-order chi connectivity index (χ0) is 20.0. The number of benzene rings is 2. The van der Waals surface area contributed by atoms with Crippen LogP contribution in [0.5, 0.6) is 11.5 Å². The number of ether oxygens (including phenoxy) is 3. The highest BCUT2D eigenvalue weighted by Gasteiger charge is 2.20. The molecule has 0 aliphatic rings. The lowest BCUT2D eigenvalue weighted by molar-refractivity contribution is -0.152. The van der Waals surface area contributed by atoms with Crippen molar-refractivity contribution in [2.45, 2.75) is 26.4 Å². The van der Waals surface area contributed by atoms with Gasteiger partial charge in [-0.15, -0.1) is 0 Å². The van der Waals surface area contributed by atoms with Crippen LogP contribution in [0.2, 0.25) is 5.02 Å². The van der Waals surface area contributed by atoms with Gasteiger partial charge in [0.2, 0.25) is 0 Å². The third kappa shape index (κ3) is 5.37. The summed E-state index contributed by atoms with van der Waals surface area (Å²) in [6.45, 7) is 3.31. The van der Waals surface area contributed by atoms with Gasteiger partial charge < -0.3 is 19.5 Å². The van der Waals surface area contributed by atoms with Crippen molar-refractivity contribution in [3.8, 4) is 11.5 Å². The largest absolute Gasteiger partial charge is 0.497 e. The number of carbonyl (C=O) groups excluding carboxylic acids is 2. The predicted octanol–water partition coefficient (Wildman–Crippen LogP) is 3.78. The second-order valence-electron chi connectivity index (χ2n) is 5.89. The van der Waals surface area contributed by atoms with Gasteiger partial charge in [-0.2, -0.15) is 0 Å². The molecule has 0 aliphatic heterocycles. The van der Waals surface area contributed by atoms with Gasteiger partial charge in [-0.25, -0.2) is 0 Å². The summed E-state index contributed by atoms with van der Waals surface area (Å²) in [5.41, 5.74) is 1.96. The molecule has 0 heterocycles. The van der Waals surface area contributed by atoms with Crippen LogP contribution in [0.25, 0.3) is 0 Å². The van der Waals surface area contributed by atoms with Crippen molar-refractivity contribution >= 4 is 29.2 Å². The Balaban J connectivity index is 1.99. The molecule has 0 aromatic heterocycles. The van der Waals surface area contributed by atoms with Gasteiger partial charge >= 0.3 is 5.97 Å². The van der Waals surface area contributed by atoms with E-state index in [-0.39, 0.29) is 6.42 Å². The molecular formula is C20H22ClNO5. The van der Waals surface area contributed by atoms with E-state index in [9.17, 15) is 9.59 Å². The number of carbonyl (C=O) groups is 2. The van der Waals surface area contributed by atoms with E-state index in [0.717, 1.165) is 5.56 Å². The third-order valence-electron chi connectivity index (χ3n) is 4.03. The number of halogens is 1. The molecule has 2 rings (SSSR count). The van der Waals surface area contributed by atoms with Gasteiger partial charge in [-0.3, -0.25) is 9.59 Å². The van der Waals surface area contributed by atoms with Gasteiger partial charge in [0.1, 0.15) is 11.5 Å². The molecule has 6 nitrogen and oxygen atoms in total. The van der Waals surface area contributed by atoms with Gasteiger partial charge in [0.05, 0.1) is 20.6 Å². The quantitative estimate of drug-likeness (QED) is 0.727. The minimum atomic E-state index is -0.958. The van der Waals surface area contributed by atoms with Crippen LogP contribution in [0.3, 0.4) is 0 Å². The highest BCUT2D eigenvalue weighted by atomic mass is 35.5. The second kappa shape index (κ2) is 9.28. The molecule has 0 unspecified atom stereocenters. The van der Waals surface area contributed by atoms with Gasteiger partial charge in [0.25, 0.3) is 5.91 Å². The second-order valence-corrected chi connectivity index (χ2v) is 6.30. The molecular weight excluding hydrogens is 370 g/mol. The first kappa shape index (κ1) is 20.6. The average Bonchev–Trinajstić information content (AvgIpc) is 2.65. The fourth-order valence-electron chi connectivity index (χ4n) is 2.42. The Hall–Kier alpha value is -2.73. The van der Waals surface area contributed by atoms with E-state index in [1.54, 1.807) is 50.4 Å². The topological polar surface area (TPSA) is 73.9 Å². The maximum absolute atomic E-state index is 12.3. The summed E-state index contributed by atoms with van der Waals surface area (Å²) in [7, 11) is 3.05. The Bertz CT molecular complexity index is 837. The number of methoxy groups -OCH3 is 2. The lowest BCUT2D eigenvalue weighted by Gasteiger charge is -2.16. The van der Waals surface area contributed by atoms with Crippen LogP contribution in [-0.4, -0.2) is 32.2 Å². The number of anilines is 1. The van der Waals surface area contributed by atoms with E-state index in [0.29, 0.717) is 27.8 Å². The normalized spacial score (nSPS) is 11.4. The molecule has 0 spiro atoms. The van der Waals surface area contributed by atoms with Crippen molar-refractivity contribution in [3.05, 3.63) is 52.5 Å². The first-order valence-corrected chi connectivity index (χ1v) is 8.69. The summed E-state index contributed by atoms with van der Waals surface area (Å²) < 4.78 is 15.6. The molecule has 1 amide bonds. The van der Waals surface area contributed by atoms with Crippen LogP contribution >= 0.6 is 11.6 Å².